The van der Waals surface area contributed by atoms with Gasteiger partial charge in [0.2, 0.25) is 0 Å². The summed E-state index contributed by atoms with van der Waals surface area (Å²) in [6.07, 6.45) is 2.81. The highest BCUT2D eigenvalue weighted by molar-refractivity contribution is 5.15. The van der Waals surface area contributed by atoms with Gasteiger partial charge >= 0.3 is 0 Å². The van der Waals surface area contributed by atoms with Crippen molar-refractivity contribution in [2.24, 2.45) is 34.5 Å². The molecule has 12 N–H and O–H groups in total. The third-order valence-electron chi connectivity index (χ3n) is 5.91. The lowest BCUT2D eigenvalue weighted by Crippen LogP contribution is -3.00. The predicted molar refractivity (Wildman–Crippen MR) is 123 cm³/mol. The lowest BCUT2D eigenvalue weighted by Gasteiger charge is -2.66. The quantitative estimate of drug-likeness (QED) is 0.134. The van der Waals surface area contributed by atoms with Gasteiger partial charge in [-0.2, -0.15) is 10.0 Å². The van der Waals surface area contributed by atoms with Gasteiger partial charge < -0.3 is 20.4 Å². The first-order chi connectivity index (χ1) is 13.7. The Morgan fingerprint density at radius 2 is 0.933 bits per heavy atom. The zero-order chi connectivity index (χ0) is 23.3. The zero-order valence-corrected chi connectivity index (χ0v) is 20.0. The summed E-state index contributed by atoms with van der Waals surface area (Å²) in [6, 6.07) is 0. The van der Waals surface area contributed by atoms with Gasteiger partial charge in [0.05, 0.1) is 0 Å². The molecule has 0 saturated carbocycles. The highest BCUT2D eigenvalue weighted by Gasteiger charge is 2.65. The fourth-order valence-corrected chi connectivity index (χ4v) is 3.97. The summed E-state index contributed by atoms with van der Waals surface area (Å²) in [5.74, 6) is 3.43. The van der Waals surface area contributed by atoms with Gasteiger partial charge in [0.1, 0.15) is 5.54 Å². The van der Waals surface area contributed by atoms with Gasteiger partial charge in [-0.3, -0.25) is 22.9 Å². The van der Waals surface area contributed by atoms with Crippen LogP contribution in [-0.4, -0.2) is 122 Å². The monoisotopic (exact) mass is 432 g/mol. The molecule has 0 bridgehead atoms. The van der Waals surface area contributed by atoms with Crippen molar-refractivity contribution < 1.29 is 0 Å². The standard InChI is InChI=1S/C18H48N12/c1-25(2)11-7-10-16(19)17(20,21)28(14-8-12-26(3)4)30(24)29(18(16,22)23)15-9-13-27(5)6/h7-15,19-24H2,1-6H3. The molecule has 0 aliphatic carbocycles. The second-order valence-electron chi connectivity index (χ2n) is 9.41. The summed E-state index contributed by atoms with van der Waals surface area (Å²) < 4.78 is 0. The van der Waals surface area contributed by atoms with Crippen LogP contribution in [-0.2, 0) is 0 Å². The van der Waals surface area contributed by atoms with Gasteiger partial charge in [-0.05, 0) is 87.6 Å². The molecule has 0 aromatic heterocycles. The van der Waals surface area contributed by atoms with Gasteiger partial charge in [-0.15, -0.1) is 5.23 Å². The van der Waals surface area contributed by atoms with Crippen molar-refractivity contribution in [3.05, 3.63) is 0 Å². The molecule has 180 valence electrons. The fraction of sp³-hybridized carbons (Fsp3) is 1.00. The number of hydrazine groups is 3. The summed E-state index contributed by atoms with van der Waals surface area (Å²) in [5.41, 5.74) is 32.3. The molecule has 0 unspecified atom stereocenters. The third kappa shape index (κ3) is 6.06. The molecule has 0 aromatic rings. The Morgan fingerprint density at radius 1 is 0.600 bits per heavy atom. The first-order valence-electron chi connectivity index (χ1n) is 10.7. The first-order valence-corrected chi connectivity index (χ1v) is 10.7. The first kappa shape index (κ1) is 27.6. The van der Waals surface area contributed by atoms with Crippen LogP contribution in [0.25, 0.3) is 0 Å². The van der Waals surface area contributed by atoms with Crippen molar-refractivity contribution in [3.63, 3.8) is 0 Å². The maximum Gasteiger partial charge on any atom is 0.159 e. The Morgan fingerprint density at radius 3 is 1.27 bits per heavy atom. The van der Waals surface area contributed by atoms with E-state index in [0.717, 1.165) is 38.9 Å². The van der Waals surface area contributed by atoms with Crippen molar-refractivity contribution in [1.82, 2.24) is 29.9 Å². The van der Waals surface area contributed by atoms with Crippen LogP contribution in [0.1, 0.15) is 25.7 Å². The van der Waals surface area contributed by atoms with E-state index in [9.17, 15) is 0 Å². The number of nitrogens with zero attached hydrogens (tertiary/aromatic N) is 6. The Bertz CT molecular complexity index is 473. The molecule has 1 aliphatic heterocycles. The van der Waals surface area contributed by atoms with Gasteiger partial charge in [-0.25, -0.2) is 5.84 Å². The van der Waals surface area contributed by atoms with E-state index in [1.165, 1.54) is 5.23 Å². The molecule has 1 aliphatic rings. The van der Waals surface area contributed by atoms with Crippen LogP contribution in [0, 0.1) is 0 Å². The molecule has 1 rings (SSSR count). The van der Waals surface area contributed by atoms with Crippen LogP contribution < -0.4 is 34.5 Å². The second-order valence-corrected chi connectivity index (χ2v) is 9.41. The van der Waals surface area contributed by atoms with E-state index in [1.807, 2.05) is 42.3 Å². The number of rotatable bonds is 12. The number of nitrogens with two attached hydrogens (primary N) is 6. The predicted octanol–water partition coefficient (Wildman–Crippen LogP) is -3.31. The van der Waals surface area contributed by atoms with Gasteiger partial charge in [0.25, 0.3) is 0 Å². The summed E-state index contributed by atoms with van der Waals surface area (Å²) in [7, 11) is 12.1. The molecule has 0 radical (unpaired) electrons. The summed E-state index contributed by atoms with van der Waals surface area (Å²) in [4.78, 5) is 6.27. The SMILES string of the molecule is CN(C)CCCN1N(N)N(CCCN(C)C)C(N)(N)C(N)(CCCN(C)C)C1(N)N. The molecular formula is C18H48N12. The van der Waals surface area contributed by atoms with Crippen molar-refractivity contribution >= 4 is 0 Å². The molecule has 12 heteroatoms. The van der Waals surface area contributed by atoms with E-state index in [1.54, 1.807) is 10.0 Å². The minimum atomic E-state index is -1.53. The van der Waals surface area contributed by atoms with Crippen LogP contribution in [0.5, 0.6) is 0 Å². The second kappa shape index (κ2) is 10.9. The minimum Gasteiger partial charge on any atom is -0.317 e. The molecule has 12 nitrogen and oxygen atoms in total. The van der Waals surface area contributed by atoms with Gasteiger partial charge in [-0.1, -0.05) is 0 Å². The molecule has 0 amide bonds. The Hall–Kier alpha value is -0.480. The van der Waals surface area contributed by atoms with Crippen LogP contribution in [0.4, 0.5) is 0 Å². The van der Waals surface area contributed by atoms with Crippen LogP contribution in [0.15, 0.2) is 0 Å². The molecule has 1 heterocycles. The lowest BCUT2D eigenvalue weighted by molar-refractivity contribution is -0.342. The summed E-state index contributed by atoms with van der Waals surface area (Å²) in [5, 5.41) is 4.81. The van der Waals surface area contributed by atoms with Crippen molar-refractivity contribution in [2.75, 3.05) is 75.0 Å². The molecule has 1 saturated heterocycles. The Labute approximate surface area is 182 Å². The van der Waals surface area contributed by atoms with Crippen molar-refractivity contribution in [2.45, 2.75) is 42.8 Å². The van der Waals surface area contributed by atoms with Crippen molar-refractivity contribution in [3.8, 4) is 0 Å². The maximum absolute atomic E-state index is 6.90. The largest absolute Gasteiger partial charge is 0.317 e. The van der Waals surface area contributed by atoms with Crippen LogP contribution in [0.3, 0.4) is 0 Å². The fourth-order valence-electron chi connectivity index (χ4n) is 3.97. The average Bonchev–Trinajstić information content (AvgIpc) is 2.59. The van der Waals surface area contributed by atoms with Crippen molar-refractivity contribution in [1.29, 1.82) is 0 Å². The van der Waals surface area contributed by atoms with Gasteiger partial charge in [0.15, 0.2) is 11.6 Å². The third-order valence-corrected chi connectivity index (χ3v) is 5.91. The van der Waals surface area contributed by atoms with E-state index in [2.05, 4.69) is 14.7 Å². The normalized spacial score (nSPS) is 22.5. The summed E-state index contributed by atoms with van der Waals surface area (Å²) >= 11 is 0. The Kier molecular flexibility index (Phi) is 10.0. The lowest BCUT2D eigenvalue weighted by atomic mass is 9.78. The van der Waals surface area contributed by atoms with Gasteiger partial charge in [0, 0.05) is 13.1 Å². The van der Waals surface area contributed by atoms with E-state index < -0.39 is 17.1 Å². The maximum atomic E-state index is 6.90. The Balaban J connectivity index is 3.22. The smallest absolute Gasteiger partial charge is 0.159 e. The van der Waals surface area contributed by atoms with E-state index in [4.69, 9.17) is 34.5 Å². The highest BCUT2D eigenvalue weighted by Crippen LogP contribution is 2.37. The minimum absolute atomic E-state index is 0.452. The van der Waals surface area contributed by atoms with E-state index in [-0.39, 0.29) is 0 Å². The molecule has 1 fully saturated rings. The molecular weight excluding hydrogens is 384 g/mol. The molecule has 0 atom stereocenters. The topological polar surface area (TPSA) is 176 Å². The summed E-state index contributed by atoms with van der Waals surface area (Å²) in [6.45, 7) is 3.58. The van der Waals surface area contributed by atoms with Crippen LogP contribution in [0.2, 0.25) is 0 Å². The molecule has 0 aromatic carbocycles. The van der Waals surface area contributed by atoms with E-state index >= 15 is 0 Å². The van der Waals surface area contributed by atoms with E-state index in [0.29, 0.717) is 19.5 Å². The molecule has 0 spiro atoms. The molecule has 30 heavy (non-hydrogen) atoms. The zero-order valence-electron chi connectivity index (χ0n) is 20.0. The average molecular weight is 433 g/mol. The number of hydrogen-bond acceptors (Lipinski definition) is 12. The number of hydrogen-bond donors (Lipinski definition) is 6. The van der Waals surface area contributed by atoms with Crippen LogP contribution >= 0.6 is 0 Å². The highest BCUT2D eigenvalue weighted by atomic mass is 16.0.